The molecule has 0 unspecified atom stereocenters. The quantitative estimate of drug-likeness (QED) is 0.874. The van der Waals surface area contributed by atoms with Crippen molar-refractivity contribution >= 4 is 15.9 Å². The number of rotatable bonds is 6. The number of aryl methyl sites for hydroxylation is 2. The fraction of sp³-hybridized carbons (Fsp3) is 0.786. The molecule has 18 heavy (non-hydrogen) atoms. The predicted octanol–water partition coefficient (Wildman–Crippen LogP) is 3.07. The van der Waals surface area contributed by atoms with Crippen LogP contribution in [0.2, 0.25) is 0 Å². The van der Waals surface area contributed by atoms with Crippen LogP contribution >= 0.6 is 15.9 Å². The summed E-state index contributed by atoms with van der Waals surface area (Å²) in [6, 6.07) is 0.573. The topological polar surface area (TPSA) is 29.9 Å². The number of nitrogens with one attached hydrogen (secondary N) is 1. The number of aromatic nitrogens is 2. The van der Waals surface area contributed by atoms with Crippen molar-refractivity contribution in [2.75, 3.05) is 6.54 Å². The summed E-state index contributed by atoms with van der Waals surface area (Å²) in [7, 11) is 2.06. The van der Waals surface area contributed by atoms with Crippen molar-refractivity contribution in [3.8, 4) is 0 Å². The summed E-state index contributed by atoms with van der Waals surface area (Å²) < 4.78 is 3.28. The summed E-state index contributed by atoms with van der Waals surface area (Å²) in [4.78, 5) is 0. The highest BCUT2D eigenvalue weighted by atomic mass is 79.9. The summed E-state index contributed by atoms with van der Waals surface area (Å²) in [5.74, 6) is 0. The van der Waals surface area contributed by atoms with E-state index in [2.05, 4.69) is 58.8 Å². The molecule has 1 aromatic rings. The van der Waals surface area contributed by atoms with Gasteiger partial charge in [-0.25, -0.2) is 0 Å². The zero-order chi connectivity index (χ0) is 13.3. The maximum Gasteiger partial charge on any atom is 0.0766 e. The van der Waals surface area contributed by atoms with Crippen molar-refractivity contribution in [3.05, 3.63) is 15.9 Å². The van der Waals surface area contributed by atoms with Crippen LogP contribution in [-0.4, -0.2) is 22.4 Å². The standard InChI is InChI=1S/C14H24BrN3/c1-5-11-13(15)12(18(4)17-11)8-14(6-7-14)9-16-10(2)3/h10,16H,5-9H2,1-4H3. The fourth-order valence-electron chi connectivity index (χ4n) is 2.38. The van der Waals surface area contributed by atoms with Crippen LogP contribution in [0.15, 0.2) is 4.47 Å². The Labute approximate surface area is 118 Å². The fourth-order valence-corrected chi connectivity index (χ4v) is 3.14. The Morgan fingerprint density at radius 2 is 2.11 bits per heavy atom. The van der Waals surface area contributed by atoms with Gasteiger partial charge in [0.05, 0.1) is 15.9 Å². The normalized spacial score (nSPS) is 17.4. The highest BCUT2D eigenvalue weighted by Crippen LogP contribution is 2.48. The summed E-state index contributed by atoms with van der Waals surface area (Å²) in [6.07, 6.45) is 4.81. The van der Waals surface area contributed by atoms with Gasteiger partial charge in [-0.15, -0.1) is 0 Å². The van der Waals surface area contributed by atoms with Gasteiger partial charge in [0.1, 0.15) is 0 Å². The van der Waals surface area contributed by atoms with Crippen molar-refractivity contribution in [1.82, 2.24) is 15.1 Å². The van der Waals surface area contributed by atoms with Gasteiger partial charge in [0.2, 0.25) is 0 Å². The second-order valence-corrected chi connectivity index (χ2v) is 6.69. The van der Waals surface area contributed by atoms with Gasteiger partial charge in [0, 0.05) is 19.6 Å². The first-order valence-corrected chi connectivity index (χ1v) is 7.70. The molecule has 2 rings (SSSR count). The van der Waals surface area contributed by atoms with Crippen LogP contribution < -0.4 is 5.32 Å². The first-order chi connectivity index (χ1) is 8.47. The van der Waals surface area contributed by atoms with Gasteiger partial charge >= 0.3 is 0 Å². The average Bonchev–Trinajstić information content (AvgIpc) is 3.04. The molecule has 1 fully saturated rings. The molecule has 0 spiro atoms. The Kier molecular flexibility index (Phi) is 4.17. The van der Waals surface area contributed by atoms with Gasteiger partial charge in [-0.3, -0.25) is 4.68 Å². The van der Waals surface area contributed by atoms with Crippen LogP contribution in [0.4, 0.5) is 0 Å². The third kappa shape index (κ3) is 2.97. The molecule has 0 saturated heterocycles. The molecule has 0 aliphatic heterocycles. The molecule has 0 radical (unpaired) electrons. The van der Waals surface area contributed by atoms with E-state index in [4.69, 9.17) is 0 Å². The Hall–Kier alpha value is -0.350. The minimum absolute atomic E-state index is 0.478. The molecule has 1 heterocycles. The number of hydrogen-bond acceptors (Lipinski definition) is 2. The van der Waals surface area contributed by atoms with E-state index >= 15 is 0 Å². The number of halogens is 1. The van der Waals surface area contributed by atoms with Crippen molar-refractivity contribution in [2.24, 2.45) is 12.5 Å². The van der Waals surface area contributed by atoms with Gasteiger partial charge in [0.25, 0.3) is 0 Å². The lowest BCUT2D eigenvalue weighted by Crippen LogP contribution is -2.31. The lowest BCUT2D eigenvalue weighted by atomic mass is 9.99. The van der Waals surface area contributed by atoms with Gasteiger partial charge < -0.3 is 5.32 Å². The smallest absolute Gasteiger partial charge is 0.0766 e. The molecule has 0 bridgehead atoms. The van der Waals surface area contributed by atoms with E-state index in [0.29, 0.717) is 11.5 Å². The van der Waals surface area contributed by atoms with E-state index in [1.165, 1.54) is 28.7 Å². The molecular formula is C14H24BrN3. The zero-order valence-corrected chi connectivity index (χ0v) is 13.5. The molecule has 102 valence electrons. The van der Waals surface area contributed by atoms with Crippen molar-refractivity contribution in [1.29, 1.82) is 0 Å². The summed E-state index contributed by atoms with van der Waals surface area (Å²) in [5.41, 5.74) is 3.01. The number of hydrogen-bond donors (Lipinski definition) is 1. The third-order valence-corrected chi connectivity index (χ3v) is 4.80. The number of nitrogens with zero attached hydrogens (tertiary/aromatic N) is 2. The zero-order valence-electron chi connectivity index (χ0n) is 11.9. The molecule has 0 aromatic carbocycles. The lowest BCUT2D eigenvalue weighted by molar-refractivity contribution is 0.419. The summed E-state index contributed by atoms with van der Waals surface area (Å²) in [6.45, 7) is 7.71. The van der Waals surface area contributed by atoms with Crippen molar-refractivity contribution < 1.29 is 0 Å². The summed E-state index contributed by atoms with van der Waals surface area (Å²) >= 11 is 3.72. The van der Waals surface area contributed by atoms with Crippen LogP contribution in [0.25, 0.3) is 0 Å². The molecular weight excluding hydrogens is 290 g/mol. The van der Waals surface area contributed by atoms with Gasteiger partial charge in [-0.1, -0.05) is 20.8 Å². The molecule has 1 aliphatic rings. The lowest BCUT2D eigenvalue weighted by Gasteiger charge is -2.18. The second-order valence-electron chi connectivity index (χ2n) is 5.90. The monoisotopic (exact) mass is 313 g/mol. The van der Waals surface area contributed by atoms with Gasteiger partial charge in [-0.2, -0.15) is 5.10 Å². The van der Waals surface area contributed by atoms with E-state index in [9.17, 15) is 0 Å². The molecule has 1 aromatic heterocycles. The SMILES string of the molecule is CCc1nn(C)c(CC2(CNC(C)C)CC2)c1Br. The van der Waals surface area contributed by atoms with E-state index in [-0.39, 0.29) is 0 Å². The van der Waals surface area contributed by atoms with Crippen molar-refractivity contribution in [2.45, 2.75) is 52.5 Å². The molecule has 0 atom stereocenters. The molecule has 1 aliphatic carbocycles. The van der Waals surface area contributed by atoms with Gasteiger partial charge in [-0.05, 0) is 47.0 Å². The average molecular weight is 314 g/mol. The first-order valence-electron chi connectivity index (χ1n) is 6.91. The van der Waals surface area contributed by atoms with Crippen LogP contribution in [0.1, 0.15) is 45.0 Å². The highest BCUT2D eigenvalue weighted by Gasteiger charge is 2.43. The van der Waals surface area contributed by atoms with Gasteiger partial charge in [0.15, 0.2) is 0 Å². The Morgan fingerprint density at radius 3 is 2.56 bits per heavy atom. The minimum Gasteiger partial charge on any atom is -0.314 e. The molecule has 1 saturated carbocycles. The van der Waals surface area contributed by atoms with Crippen LogP contribution in [0.3, 0.4) is 0 Å². The van der Waals surface area contributed by atoms with Crippen molar-refractivity contribution in [3.63, 3.8) is 0 Å². The minimum atomic E-state index is 0.478. The van der Waals surface area contributed by atoms with E-state index in [1.807, 2.05) is 0 Å². The molecule has 0 amide bonds. The second kappa shape index (κ2) is 5.33. The van der Waals surface area contributed by atoms with E-state index in [1.54, 1.807) is 0 Å². The van der Waals surface area contributed by atoms with Crippen LogP contribution in [0, 0.1) is 5.41 Å². The highest BCUT2D eigenvalue weighted by molar-refractivity contribution is 9.10. The predicted molar refractivity (Wildman–Crippen MR) is 78.8 cm³/mol. The Balaban J connectivity index is 2.07. The maximum absolute atomic E-state index is 4.59. The molecule has 4 heteroatoms. The Morgan fingerprint density at radius 1 is 1.44 bits per heavy atom. The third-order valence-electron chi connectivity index (χ3n) is 3.89. The molecule has 3 nitrogen and oxygen atoms in total. The van der Waals surface area contributed by atoms with Crippen LogP contribution in [-0.2, 0) is 19.9 Å². The largest absolute Gasteiger partial charge is 0.314 e. The molecule has 1 N–H and O–H groups in total. The Bertz CT molecular complexity index is 419. The summed E-state index contributed by atoms with van der Waals surface area (Å²) in [5, 5.41) is 8.17. The van der Waals surface area contributed by atoms with Crippen LogP contribution in [0.5, 0.6) is 0 Å². The van der Waals surface area contributed by atoms with E-state index < -0.39 is 0 Å². The first kappa shape index (κ1) is 14.1. The maximum atomic E-state index is 4.59. The van der Waals surface area contributed by atoms with E-state index in [0.717, 1.165) is 19.4 Å².